The van der Waals surface area contributed by atoms with E-state index in [9.17, 15) is 4.79 Å². The monoisotopic (exact) mass is 197 g/mol. The number of nitrogens with one attached hydrogen (secondary N) is 1. The second-order valence-electron chi connectivity index (χ2n) is 2.21. The standard InChI is InChI=1S/C9H8ClNO2/c1-2-3-6-11-9(12)7-4-5-8(10)13-7/h4-5H,6H2,1H3,(H,11,12). The molecule has 0 fully saturated rings. The van der Waals surface area contributed by atoms with Crippen LogP contribution in [0.15, 0.2) is 16.5 Å². The molecule has 68 valence electrons. The summed E-state index contributed by atoms with van der Waals surface area (Å²) in [6, 6.07) is 3.03. The maximum Gasteiger partial charge on any atom is 0.287 e. The second-order valence-corrected chi connectivity index (χ2v) is 2.59. The van der Waals surface area contributed by atoms with Gasteiger partial charge in [-0.15, -0.1) is 5.92 Å². The lowest BCUT2D eigenvalue weighted by Crippen LogP contribution is -2.22. The third-order valence-electron chi connectivity index (χ3n) is 1.31. The fraction of sp³-hybridized carbons (Fsp3) is 0.222. The Hall–Kier alpha value is -1.40. The molecule has 0 aromatic carbocycles. The minimum Gasteiger partial charge on any atom is -0.440 e. The highest BCUT2D eigenvalue weighted by atomic mass is 35.5. The molecule has 0 saturated heterocycles. The molecule has 4 heteroatoms. The lowest BCUT2D eigenvalue weighted by molar-refractivity contribution is 0.0931. The van der Waals surface area contributed by atoms with E-state index >= 15 is 0 Å². The van der Waals surface area contributed by atoms with Crippen molar-refractivity contribution in [3.63, 3.8) is 0 Å². The smallest absolute Gasteiger partial charge is 0.287 e. The molecule has 0 spiro atoms. The van der Waals surface area contributed by atoms with Crippen LogP contribution in [0.4, 0.5) is 0 Å². The zero-order chi connectivity index (χ0) is 9.68. The highest BCUT2D eigenvalue weighted by molar-refractivity contribution is 6.29. The van der Waals surface area contributed by atoms with Gasteiger partial charge in [0.05, 0.1) is 6.54 Å². The summed E-state index contributed by atoms with van der Waals surface area (Å²) < 4.78 is 4.88. The van der Waals surface area contributed by atoms with Crippen LogP contribution >= 0.6 is 11.6 Å². The minimum atomic E-state index is -0.311. The van der Waals surface area contributed by atoms with Crippen molar-refractivity contribution in [2.24, 2.45) is 0 Å². The van der Waals surface area contributed by atoms with E-state index in [2.05, 4.69) is 17.2 Å². The maximum absolute atomic E-state index is 11.2. The fourth-order valence-corrected chi connectivity index (χ4v) is 0.882. The normalized spacial score (nSPS) is 8.77. The summed E-state index contributed by atoms with van der Waals surface area (Å²) in [5.74, 6) is 5.24. The second kappa shape index (κ2) is 4.58. The largest absolute Gasteiger partial charge is 0.440 e. The Morgan fingerprint density at radius 2 is 2.46 bits per heavy atom. The lowest BCUT2D eigenvalue weighted by Gasteiger charge is -1.95. The number of carbonyl (C=O) groups is 1. The number of carbonyl (C=O) groups excluding carboxylic acids is 1. The molecular formula is C9H8ClNO2. The van der Waals surface area contributed by atoms with E-state index in [-0.39, 0.29) is 16.9 Å². The Labute approximate surface area is 81.1 Å². The van der Waals surface area contributed by atoms with Gasteiger partial charge < -0.3 is 9.73 Å². The first-order chi connectivity index (χ1) is 6.24. The van der Waals surface area contributed by atoms with E-state index in [4.69, 9.17) is 16.0 Å². The number of hydrogen-bond donors (Lipinski definition) is 1. The summed E-state index contributed by atoms with van der Waals surface area (Å²) in [6.45, 7) is 2.02. The summed E-state index contributed by atoms with van der Waals surface area (Å²) in [4.78, 5) is 11.2. The van der Waals surface area contributed by atoms with Crippen molar-refractivity contribution < 1.29 is 9.21 Å². The van der Waals surface area contributed by atoms with E-state index in [1.807, 2.05) is 0 Å². The molecule has 0 saturated carbocycles. The van der Waals surface area contributed by atoms with Gasteiger partial charge in [0.2, 0.25) is 0 Å². The first kappa shape index (κ1) is 9.69. The number of rotatable bonds is 2. The zero-order valence-corrected chi connectivity index (χ0v) is 7.81. The molecule has 0 atom stereocenters. The maximum atomic E-state index is 11.2. The SMILES string of the molecule is CC#CCNC(=O)c1ccc(Cl)o1. The Bertz CT molecular complexity index is 359. The van der Waals surface area contributed by atoms with Gasteiger partial charge in [0, 0.05) is 0 Å². The van der Waals surface area contributed by atoms with Crippen molar-refractivity contribution in [2.45, 2.75) is 6.92 Å². The molecule has 1 amide bonds. The number of halogens is 1. The third-order valence-corrected chi connectivity index (χ3v) is 1.51. The first-order valence-corrected chi connectivity index (χ1v) is 4.05. The van der Waals surface area contributed by atoms with Crippen molar-refractivity contribution in [3.05, 3.63) is 23.1 Å². The van der Waals surface area contributed by atoms with Crippen LogP contribution in [0.5, 0.6) is 0 Å². The van der Waals surface area contributed by atoms with Crippen LogP contribution in [-0.4, -0.2) is 12.5 Å². The molecule has 1 N–H and O–H groups in total. The lowest BCUT2D eigenvalue weighted by atomic mass is 10.4. The number of amides is 1. The van der Waals surface area contributed by atoms with E-state index in [1.54, 1.807) is 6.92 Å². The Kier molecular flexibility index (Phi) is 3.41. The average molecular weight is 198 g/mol. The van der Waals surface area contributed by atoms with Gasteiger partial charge >= 0.3 is 0 Å². The van der Waals surface area contributed by atoms with Crippen LogP contribution < -0.4 is 5.32 Å². The predicted octanol–water partition coefficient (Wildman–Crippen LogP) is 1.69. The fourth-order valence-electron chi connectivity index (χ4n) is 0.736. The van der Waals surface area contributed by atoms with Crippen LogP contribution in [0.1, 0.15) is 17.5 Å². The van der Waals surface area contributed by atoms with Crippen LogP contribution in [0.3, 0.4) is 0 Å². The third kappa shape index (κ3) is 2.85. The van der Waals surface area contributed by atoms with Crippen molar-refractivity contribution in [2.75, 3.05) is 6.54 Å². The topological polar surface area (TPSA) is 42.2 Å². The molecular weight excluding hydrogens is 190 g/mol. The Morgan fingerprint density at radius 3 is 3.00 bits per heavy atom. The predicted molar refractivity (Wildman–Crippen MR) is 49.5 cm³/mol. The molecule has 0 aliphatic rings. The van der Waals surface area contributed by atoms with Crippen molar-refractivity contribution in [1.82, 2.24) is 5.32 Å². The molecule has 0 bridgehead atoms. The summed E-state index contributed by atoms with van der Waals surface area (Å²) in [7, 11) is 0. The van der Waals surface area contributed by atoms with Gasteiger partial charge in [-0.25, -0.2) is 0 Å². The van der Waals surface area contributed by atoms with Gasteiger partial charge in [-0.05, 0) is 30.7 Å². The van der Waals surface area contributed by atoms with Crippen LogP contribution in [0.25, 0.3) is 0 Å². The van der Waals surface area contributed by atoms with E-state index in [0.29, 0.717) is 6.54 Å². The molecule has 1 heterocycles. The molecule has 1 rings (SSSR count). The highest BCUT2D eigenvalue weighted by Gasteiger charge is 2.08. The summed E-state index contributed by atoms with van der Waals surface area (Å²) >= 11 is 5.49. The van der Waals surface area contributed by atoms with E-state index in [0.717, 1.165) is 0 Å². The van der Waals surface area contributed by atoms with Gasteiger partial charge in [-0.1, -0.05) is 5.92 Å². The zero-order valence-electron chi connectivity index (χ0n) is 7.06. The average Bonchev–Trinajstić information content (AvgIpc) is 2.52. The Balaban J connectivity index is 2.52. The molecule has 0 aliphatic carbocycles. The molecule has 13 heavy (non-hydrogen) atoms. The van der Waals surface area contributed by atoms with Crippen LogP contribution in [0, 0.1) is 11.8 Å². The van der Waals surface area contributed by atoms with Crippen molar-refractivity contribution in [1.29, 1.82) is 0 Å². The summed E-state index contributed by atoms with van der Waals surface area (Å²) in [5.41, 5.74) is 0. The van der Waals surface area contributed by atoms with Gasteiger partial charge in [-0.2, -0.15) is 0 Å². The molecule has 3 nitrogen and oxygen atoms in total. The molecule has 0 aliphatic heterocycles. The summed E-state index contributed by atoms with van der Waals surface area (Å²) in [5, 5.41) is 2.75. The number of hydrogen-bond acceptors (Lipinski definition) is 2. The quantitative estimate of drug-likeness (QED) is 0.734. The van der Waals surface area contributed by atoms with Gasteiger partial charge in [0.15, 0.2) is 11.0 Å². The molecule has 0 radical (unpaired) electrons. The van der Waals surface area contributed by atoms with Gasteiger partial charge in [0.25, 0.3) is 5.91 Å². The van der Waals surface area contributed by atoms with Crippen LogP contribution in [-0.2, 0) is 0 Å². The minimum absolute atomic E-state index is 0.197. The summed E-state index contributed by atoms with van der Waals surface area (Å²) in [6.07, 6.45) is 0. The first-order valence-electron chi connectivity index (χ1n) is 3.67. The molecule has 1 aromatic heterocycles. The number of furan rings is 1. The van der Waals surface area contributed by atoms with Crippen LogP contribution in [0.2, 0.25) is 5.22 Å². The van der Waals surface area contributed by atoms with E-state index < -0.39 is 0 Å². The van der Waals surface area contributed by atoms with Gasteiger partial charge in [-0.3, -0.25) is 4.79 Å². The van der Waals surface area contributed by atoms with Crippen molar-refractivity contribution >= 4 is 17.5 Å². The molecule has 0 unspecified atom stereocenters. The Morgan fingerprint density at radius 1 is 1.69 bits per heavy atom. The van der Waals surface area contributed by atoms with Crippen molar-refractivity contribution in [3.8, 4) is 11.8 Å². The van der Waals surface area contributed by atoms with Gasteiger partial charge in [0.1, 0.15) is 0 Å². The van der Waals surface area contributed by atoms with E-state index in [1.165, 1.54) is 12.1 Å². The highest BCUT2D eigenvalue weighted by Crippen LogP contribution is 2.12. The molecule has 1 aromatic rings.